The molecular formula is C29H50O3. The number of hydrogen-bond donors (Lipinski definition) is 1. The van der Waals surface area contributed by atoms with Crippen molar-refractivity contribution in [2.75, 3.05) is 0 Å². The molecule has 9 atom stereocenters. The van der Waals surface area contributed by atoms with Gasteiger partial charge in [-0.05, 0) is 97.7 Å². The van der Waals surface area contributed by atoms with Crippen LogP contribution in [0.5, 0.6) is 0 Å². The second kappa shape index (κ2) is 8.90. The first-order valence-electron chi connectivity index (χ1n) is 13.9. The zero-order chi connectivity index (χ0) is 23.3. The van der Waals surface area contributed by atoms with E-state index in [9.17, 15) is 9.90 Å². The molecule has 3 nitrogen and oxygen atoms in total. The predicted octanol–water partition coefficient (Wildman–Crippen LogP) is 7.15. The molecule has 0 aliphatic heterocycles. The van der Waals surface area contributed by atoms with E-state index in [2.05, 4.69) is 34.6 Å². The highest BCUT2D eigenvalue weighted by atomic mass is 16.5. The van der Waals surface area contributed by atoms with E-state index in [1.54, 1.807) is 0 Å². The molecule has 0 spiro atoms. The molecule has 0 heterocycles. The minimum atomic E-state index is -0.664. The first-order valence-corrected chi connectivity index (χ1v) is 13.9. The van der Waals surface area contributed by atoms with Crippen molar-refractivity contribution in [3.8, 4) is 0 Å². The number of carbonyl (C=O) groups is 1. The number of fused-ring (bicyclic) bond motifs is 5. The van der Waals surface area contributed by atoms with Gasteiger partial charge in [0, 0.05) is 13.3 Å². The van der Waals surface area contributed by atoms with Crippen LogP contribution in [0.4, 0.5) is 0 Å². The molecule has 184 valence electrons. The highest BCUT2D eigenvalue weighted by molar-refractivity contribution is 5.66. The van der Waals surface area contributed by atoms with Crippen molar-refractivity contribution in [2.45, 2.75) is 130 Å². The van der Waals surface area contributed by atoms with Gasteiger partial charge in [-0.25, -0.2) is 0 Å². The summed E-state index contributed by atoms with van der Waals surface area (Å²) in [5.74, 6) is 4.59. The average Bonchev–Trinajstić information content (AvgIpc) is 3.05. The maximum Gasteiger partial charge on any atom is 0.302 e. The van der Waals surface area contributed by atoms with Gasteiger partial charge in [0.15, 0.2) is 0 Å². The van der Waals surface area contributed by atoms with Gasteiger partial charge in [-0.15, -0.1) is 0 Å². The molecular weight excluding hydrogens is 396 g/mol. The lowest BCUT2D eigenvalue weighted by molar-refractivity contribution is -0.224. The van der Waals surface area contributed by atoms with Gasteiger partial charge < -0.3 is 9.84 Å². The highest BCUT2D eigenvalue weighted by Gasteiger charge is 2.64. The van der Waals surface area contributed by atoms with E-state index in [0.717, 1.165) is 55.3 Å². The lowest BCUT2D eigenvalue weighted by atomic mass is 9.43. The summed E-state index contributed by atoms with van der Waals surface area (Å²) in [6, 6.07) is 0. The number of carbonyl (C=O) groups excluding carboxylic acids is 1. The third-order valence-electron chi connectivity index (χ3n) is 11.3. The number of hydrogen-bond acceptors (Lipinski definition) is 3. The molecule has 0 aromatic heterocycles. The Balaban J connectivity index is 1.47. The summed E-state index contributed by atoms with van der Waals surface area (Å²) in [6.07, 6.45) is 14.1. The molecule has 4 aliphatic rings. The second-order valence-corrected chi connectivity index (χ2v) is 13.4. The molecule has 3 heteroatoms. The number of esters is 1. The third-order valence-corrected chi connectivity index (χ3v) is 11.3. The van der Waals surface area contributed by atoms with E-state index in [1.165, 1.54) is 51.9 Å². The van der Waals surface area contributed by atoms with Crippen molar-refractivity contribution in [1.82, 2.24) is 0 Å². The van der Waals surface area contributed by atoms with Crippen LogP contribution >= 0.6 is 0 Å². The summed E-state index contributed by atoms with van der Waals surface area (Å²) >= 11 is 0. The van der Waals surface area contributed by atoms with Crippen LogP contribution in [0.15, 0.2) is 0 Å². The molecule has 0 radical (unpaired) electrons. The molecule has 0 bridgehead atoms. The summed E-state index contributed by atoms with van der Waals surface area (Å²) in [5, 5.41) is 11.9. The van der Waals surface area contributed by atoms with Crippen molar-refractivity contribution in [2.24, 2.45) is 46.3 Å². The largest absolute Gasteiger partial charge is 0.462 e. The van der Waals surface area contributed by atoms with Crippen LogP contribution in [-0.2, 0) is 9.53 Å². The van der Waals surface area contributed by atoms with Crippen molar-refractivity contribution >= 4 is 5.97 Å². The summed E-state index contributed by atoms with van der Waals surface area (Å²) in [5.41, 5.74) is -0.184. The van der Waals surface area contributed by atoms with Crippen molar-refractivity contribution < 1.29 is 14.6 Å². The Bertz CT molecular complexity index is 688. The van der Waals surface area contributed by atoms with Crippen molar-refractivity contribution in [3.63, 3.8) is 0 Å². The normalized spacial score (nSPS) is 46.8. The Morgan fingerprint density at radius 3 is 2.41 bits per heavy atom. The summed E-state index contributed by atoms with van der Waals surface area (Å²) in [4.78, 5) is 11.5. The Labute approximate surface area is 197 Å². The SMILES string of the molecule is CC(=O)O[C@@H]1CC[C@]2(C)[C@@H]3CC[C@@]4(C)[C@H](CC[C@H]4[C@H](C)CCCC(C)C)[C@H]3CC[C@]2(O)C1. The Hall–Kier alpha value is -0.570. The fraction of sp³-hybridized carbons (Fsp3) is 0.966. The average molecular weight is 447 g/mol. The van der Waals surface area contributed by atoms with Gasteiger partial charge in [0.2, 0.25) is 0 Å². The molecule has 0 amide bonds. The van der Waals surface area contributed by atoms with E-state index in [-0.39, 0.29) is 17.5 Å². The Morgan fingerprint density at radius 1 is 0.969 bits per heavy atom. The van der Waals surface area contributed by atoms with Gasteiger partial charge in [0.1, 0.15) is 6.10 Å². The van der Waals surface area contributed by atoms with Gasteiger partial charge in [0.25, 0.3) is 0 Å². The molecule has 4 aliphatic carbocycles. The minimum absolute atomic E-state index is 0.0190. The van der Waals surface area contributed by atoms with E-state index in [4.69, 9.17) is 4.74 Å². The Kier molecular flexibility index (Phi) is 6.83. The second-order valence-electron chi connectivity index (χ2n) is 13.4. The van der Waals surface area contributed by atoms with Crippen LogP contribution in [0.3, 0.4) is 0 Å². The van der Waals surface area contributed by atoms with E-state index < -0.39 is 5.60 Å². The number of ether oxygens (including phenoxy) is 1. The van der Waals surface area contributed by atoms with Gasteiger partial charge in [-0.2, -0.15) is 0 Å². The lowest BCUT2D eigenvalue weighted by Crippen LogP contribution is -2.63. The lowest BCUT2D eigenvalue weighted by Gasteiger charge is -2.64. The predicted molar refractivity (Wildman–Crippen MR) is 130 cm³/mol. The topological polar surface area (TPSA) is 46.5 Å². The molecule has 4 rings (SSSR count). The third kappa shape index (κ3) is 4.07. The zero-order valence-corrected chi connectivity index (χ0v) is 21.8. The standard InChI is InChI=1S/C29H50O3/c1-19(2)8-7-9-20(3)24-10-11-25-23-13-17-29(31)18-22(32-21(4)30)12-16-28(29,6)26(23)14-15-27(24,25)5/h19-20,22-26,31H,7-18H2,1-6H3/t20-,22-,23-,24+,25-,26-,27-,28-,29+/m1/s1. The quantitative estimate of drug-likeness (QED) is 0.440. The molecule has 1 N–H and O–H groups in total. The van der Waals surface area contributed by atoms with Gasteiger partial charge in [-0.1, -0.05) is 53.9 Å². The van der Waals surface area contributed by atoms with Crippen LogP contribution in [-0.4, -0.2) is 22.8 Å². The fourth-order valence-corrected chi connectivity index (χ4v) is 9.57. The van der Waals surface area contributed by atoms with Crippen LogP contribution in [0.25, 0.3) is 0 Å². The maximum atomic E-state index is 11.9. The van der Waals surface area contributed by atoms with Gasteiger partial charge in [-0.3, -0.25) is 4.79 Å². The van der Waals surface area contributed by atoms with E-state index in [1.807, 2.05) is 0 Å². The number of aliphatic hydroxyl groups is 1. The molecule has 0 aromatic carbocycles. The monoisotopic (exact) mass is 446 g/mol. The van der Waals surface area contributed by atoms with Gasteiger partial charge >= 0.3 is 5.97 Å². The smallest absolute Gasteiger partial charge is 0.302 e. The summed E-state index contributed by atoms with van der Waals surface area (Å²) < 4.78 is 5.56. The van der Waals surface area contributed by atoms with Crippen molar-refractivity contribution in [3.05, 3.63) is 0 Å². The maximum absolute atomic E-state index is 11.9. The highest BCUT2D eigenvalue weighted by Crippen LogP contribution is 2.69. The van der Waals surface area contributed by atoms with Crippen LogP contribution < -0.4 is 0 Å². The first-order chi connectivity index (χ1) is 15.0. The summed E-state index contributed by atoms with van der Waals surface area (Å²) in [7, 11) is 0. The molecule has 32 heavy (non-hydrogen) atoms. The molecule has 4 saturated carbocycles. The minimum Gasteiger partial charge on any atom is -0.462 e. The Morgan fingerprint density at radius 2 is 1.72 bits per heavy atom. The fourth-order valence-electron chi connectivity index (χ4n) is 9.57. The number of rotatable bonds is 6. The first kappa shape index (κ1) is 24.6. The van der Waals surface area contributed by atoms with Gasteiger partial charge in [0.05, 0.1) is 5.60 Å². The molecule has 0 unspecified atom stereocenters. The molecule has 0 saturated heterocycles. The van der Waals surface area contributed by atoms with E-state index >= 15 is 0 Å². The van der Waals surface area contributed by atoms with Crippen LogP contribution in [0, 0.1) is 46.3 Å². The zero-order valence-electron chi connectivity index (χ0n) is 21.8. The van der Waals surface area contributed by atoms with Crippen LogP contribution in [0.2, 0.25) is 0 Å². The molecule has 4 fully saturated rings. The van der Waals surface area contributed by atoms with Crippen molar-refractivity contribution in [1.29, 1.82) is 0 Å². The molecule has 0 aromatic rings. The van der Waals surface area contributed by atoms with Crippen LogP contribution in [0.1, 0.15) is 119 Å². The van der Waals surface area contributed by atoms with E-state index in [0.29, 0.717) is 17.8 Å². The summed E-state index contributed by atoms with van der Waals surface area (Å²) in [6.45, 7) is 13.8.